The van der Waals surface area contributed by atoms with Gasteiger partial charge in [-0.25, -0.2) is 0 Å². The van der Waals surface area contributed by atoms with Crippen LogP contribution in [-0.4, -0.2) is 41.1 Å². The Morgan fingerprint density at radius 3 is 2.15 bits per heavy atom. The van der Waals surface area contributed by atoms with Gasteiger partial charge in [0.1, 0.15) is 0 Å². The Balaban J connectivity index is 2.32. The van der Waals surface area contributed by atoms with Crippen LogP contribution in [-0.2, 0) is 8.85 Å². The van der Waals surface area contributed by atoms with Crippen molar-refractivity contribution in [1.29, 1.82) is 0 Å². The van der Waals surface area contributed by atoms with Gasteiger partial charge in [-0.05, 0) is 91.5 Å². The van der Waals surface area contributed by atoms with Crippen LogP contribution >= 0.6 is 0 Å². The SMILES string of the molecule is C=C1CC[C@H]2[C@](C)(CCCO[Si](C)(C)C(C)(C)C)[C@H](O[Si](CC)(CC)CC)CC[C@]2(C)[C@H]1CO. The highest BCUT2D eigenvalue weighted by Crippen LogP contribution is 2.63. The van der Waals surface area contributed by atoms with E-state index in [0.717, 1.165) is 38.7 Å². The molecule has 5 heteroatoms. The molecule has 5 atom stereocenters. The van der Waals surface area contributed by atoms with E-state index >= 15 is 0 Å². The van der Waals surface area contributed by atoms with Gasteiger partial charge < -0.3 is 14.0 Å². The Labute approximate surface area is 214 Å². The standard InChI is InChI=1S/C29H58O3Si2/c1-12-34(13-2,14-3)32-26-18-20-28(8)24(22-30)23(4)16-17-25(28)29(26,9)19-15-21-31-33(10,11)27(5,6)7/h24-26,30H,4,12-22H2,1-3,5-11H3/t24-,25+,26+,28+,29-/m0/s1. The maximum atomic E-state index is 10.4. The molecule has 1 N–H and O–H groups in total. The molecule has 2 aliphatic carbocycles. The van der Waals surface area contributed by atoms with Gasteiger partial charge in [0.15, 0.2) is 16.6 Å². The molecule has 0 spiro atoms. The smallest absolute Gasteiger partial charge is 0.192 e. The molecule has 0 unspecified atom stereocenters. The van der Waals surface area contributed by atoms with Crippen LogP contribution in [0.4, 0.5) is 0 Å². The van der Waals surface area contributed by atoms with Gasteiger partial charge in [-0.1, -0.05) is 67.5 Å². The van der Waals surface area contributed by atoms with Crippen molar-refractivity contribution < 1.29 is 14.0 Å². The summed E-state index contributed by atoms with van der Waals surface area (Å²) in [5, 5.41) is 10.6. The van der Waals surface area contributed by atoms with Crippen LogP contribution < -0.4 is 0 Å². The Morgan fingerprint density at radius 2 is 1.65 bits per heavy atom. The summed E-state index contributed by atoms with van der Waals surface area (Å²) in [5.41, 5.74) is 1.51. The second-order valence-electron chi connectivity index (χ2n) is 13.6. The van der Waals surface area contributed by atoms with E-state index in [9.17, 15) is 5.11 Å². The lowest BCUT2D eigenvalue weighted by Crippen LogP contribution is -2.59. The summed E-state index contributed by atoms with van der Waals surface area (Å²) in [6.07, 6.45) is 7.07. The van der Waals surface area contributed by atoms with Gasteiger partial charge >= 0.3 is 0 Å². The molecule has 2 aliphatic rings. The van der Waals surface area contributed by atoms with Crippen molar-refractivity contribution in [1.82, 2.24) is 0 Å². The summed E-state index contributed by atoms with van der Waals surface area (Å²) in [6, 6.07) is 3.62. The first-order chi connectivity index (χ1) is 15.7. The first-order valence-corrected chi connectivity index (χ1v) is 19.7. The average molecular weight is 511 g/mol. The van der Waals surface area contributed by atoms with Gasteiger partial charge in [0.2, 0.25) is 0 Å². The summed E-state index contributed by atoms with van der Waals surface area (Å²) >= 11 is 0. The van der Waals surface area contributed by atoms with Crippen LogP contribution in [0.2, 0.25) is 36.3 Å². The quantitative estimate of drug-likeness (QED) is 0.172. The second kappa shape index (κ2) is 11.2. The van der Waals surface area contributed by atoms with E-state index in [1.165, 1.54) is 30.1 Å². The zero-order chi connectivity index (χ0) is 26.0. The van der Waals surface area contributed by atoms with Gasteiger partial charge in [0.05, 0.1) is 12.7 Å². The minimum absolute atomic E-state index is 0.119. The van der Waals surface area contributed by atoms with Crippen molar-refractivity contribution >= 4 is 16.6 Å². The van der Waals surface area contributed by atoms with Crippen molar-refractivity contribution in [3.8, 4) is 0 Å². The summed E-state index contributed by atoms with van der Waals surface area (Å²) in [7, 11) is -3.44. The van der Waals surface area contributed by atoms with Crippen molar-refractivity contribution in [2.24, 2.45) is 22.7 Å². The van der Waals surface area contributed by atoms with Gasteiger partial charge in [-0.15, -0.1) is 0 Å². The zero-order valence-corrected chi connectivity index (χ0v) is 26.5. The summed E-state index contributed by atoms with van der Waals surface area (Å²) in [6.45, 7) is 29.2. The molecule has 200 valence electrons. The highest BCUT2D eigenvalue weighted by Gasteiger charge is 2.58. The second-order valence-corrected chi connectivity index (χ2v) is 23.1. The molecule has 34 heavy (non-hydrogen) atoms. The molecule has 2 rings (SSSR count). The number of rotatable bonds is 11. The molecule has 0 radical (unpaired) electrons. The number of aliphatic hydroxyl groups is 1. The summed E-state index contributed by atoms with van der Waals surface area (Å²) in [5.74, 6) is 0.784. The maximum absolute atomic E-state index is 10.4. The van der Waals surface area contributed by atoms with E-state index < -0.39 is 16.6 Å². The van der Waals surface area contributed by atoms with Crippen molar-refractivity contribution in [3.63, 3.8) is 0 Å². The highest BCUT2D eigenvalue weighted by atomic mass is 28.4. The molecule has 0 bridgehead atoms. The Hall–Kier alpha value is 0.0538. The third kappa shape index (κ3) is 5.79. The minimum Gasteiger partial charge on any atom is -0.417 e. The zero-order valence-electron chi connectivity index (χ0n) is 24.5. The lowest BCUT2D eigenvalue weighted by molar-refractivity contribution is -0.137. The Bertz CT molecular complexity index is 673. The van der Waals surface area contributed by atoms with Crippen molar-refractivity contribution in [2.75, 3.05) is 13.2 Å². The fourth-order valence-corrected chi connectivity index (χ4v) is 11.2. The largest absolute Gasteiger partial charge is 0.417 e. The van der Waals surface area contributed by atoms with Crippen molar-refractivity contribution in [3.05, 3.63) is 12.2 Å². The lowest BCUT2D eigenvalue weighted by atomic mass is 9.46. The van der Waals surface area contributed by atoms with Crippen LogP contribution in [0, 0.1) is 22.7 Å². The monoisotopic (exact) mass is 510 g/mol. The molecule has 0 aliphatic heterocycles. The van der Waals surface area contributed by atoms with Crippen LogP contribution in [0.1, 0.15) is 93.9 Å². The van der Waals surface area contributed by atoms with E-state index in [2.05, 4.69) is 75.1 Å². The first kappa shape index (κ1) is 30.3. The normalized spacial score (nSPS) is 33.1. The summed E-state index contributed by atoms with van der Waals surface area (Å²) < 4.78 is 13.9. The molecule has 0 heterocycles. The van der Waals surface area contributed by atoms with Crippen LogP contribution in [0.5, 0.6) is 0 Å². The van der Waals surface area contributed by atoms with Gasteiger partial charge in [-0.2, -0.15) is 0 Å². The van der Waals surface area contributed by atoms with E-state index in [4.69, 9.17) is 8.85 Å². The van der Waals surface area contributed by atoms with E-state index in [1.807, 2.05) is 0 Å². The number of hydrogen-bond acceptors (Lipinski definition) is 3. The fraction of sp³-hybridized carbons (Fsp3) is 0.931. The molecule has 0 amide bonds. The molecular formula is C29H58O3Si2. The molecule has 0 aromatic rings. The van der Waals surface area contributed by atoms with E-state index in [1.54, 1.807) is 0 Å². The molecule has 0 aromatic carbocycles. The maximum Gasteiger partial charge on any atom is 0.192 e. The molecule has 2 saturated carbocycles. The number of hydrogen-bond donors (Lipinski definition) is 1. The van der Waals surface area contributed by atoms with E-state index in [0.29, 0.717) is 12.0 Å². The topological polar surface area (TPSA) is 38.7 Å². The highest BCUT2D eigenvalue weighted by molar-refractivity contribution is 6.74. The molecular weight excluding hydrogens is 452 g/mol. The van der Waals surface area contributed by atoms with Crippen LogP contribution in [0.3, 0.4) is 0 Å². The molecule has 0 saturated heterocycles. The third-order valence-electron chi connectivity index (χ3n) is 11.0. The number of aliphatic hydroxyl groups excluding tert-OH is 1. The van der Waals surface area contributed by atoms with Crippen LogP contribution in [0.15, 0.2) is 12.2 Å². The lowest BCUT2D eigenvalue weighted by Gasteiger charge is -2.62. The first-order valence-electron chi connectivity index (χ1n) is 14.3. The average Bonchev–Trinajstić information content (AvgIpc) is 2.76. The molecule has 0 aromatic heterocycles. The molecule has 2 fully saturated rings. The van der Waals surface area contributed by atoms with Crippen molar-refractivity contribution in [2.45, 2.75) is 136 Å². The predicted molar refractivity (Wildman–Crippen MR) is 152 cm³/mol. The predicted octanol–water partition coefficient (Wildman–Crippen LogP) is 8.56. The van der Waals surface area contributed by atoms with E-state index in [-0.39, 0.29) is 28.4 Å². The fourth-order valence-electron chi connectivity index (χ4n) is 7.14. The Morgan fingerprint density at radius 1 is 1.06 bits per heavy atom. The van der Waals surface area contributed by atoms with Gasteiger partial charge in [0, 0.05) is 12.5 Å². The Kier molecular flexibility index (Phi) is 9.98. The van der Waals surface area contributed by atoms with Gasteiger partial charge in [-0.3, -0.25) is 0 Å². The summed E-state index contributed by atoms with van der Waals surface area (Å²) in [4.78, 5) is 0. The van der Waals surface area contributed by atoms with Crippen LogP contribution in [0.25, 0.3) is 0 Å². The van der Waals surface area contributed by atoms with Gasteiger partial charge in [0.25, 0.3) is 0 Å². The third-order valence-corrected chi connectivity index (χ3v) is 20.1. The molecule has 3 nitrogen and oxygen atoms in total. The number of fused-ring (bicyclic) bond motifs is 1. The minimum atomic E-state index is -1.73.